The summed E-state index contributed by atoms with van der Waals surface area (Å²) >= 11 is 0. The van der Waals surface area contributed by atoms with E-state index in [0.717, 1.165) is 25.7 Å². The van der Waals surface area contributed by atoms with Crippen LogP contribution in [0.2, 0.25) is 19.6 Å². The molecule has 0 amide bonds. The van der Waals surface area contributed by atoms with E-state index in [2.05, 4.69) is 241 Å². The van der Waals surface area contributed by atoms with Gasteiger partial charge in [-0.3, -0.25) is 0 Å². The van der Waals surface area contributed by atoms with Crippen molar-refractivity contribution in [2.75, 3.05) is 14.7 Å². The van der Waals surface area contributed by atoms with E-state index in [1.54, 1.807) is 10.8 Å². The van der Waals surface area contributed by atoms with Crippen molar-refractivity contribution in [3.05, 3.63) is 185 Å². The lowest BCUT2D eigenvalue weighted by Crippen LogP contribution is -2.65. The molecule has 72 heavy (non-hydrogen) atoms. The highest BCUT2D eigenvalue weighted by atomic mass is 28.3. The van der Waals surface area contributed by atoms with Gasteiger partial charge in [-0.2, -0.15) is 0 Å². The van der Waals surface area contributed by atoms with E-state index in [9.17, 15) is 0 Å². The van der Waals surface area contributed by atoms with Crippen LogP contribution in [0.15, 0.2) is 152 Å². The first-order valence-electron chi connectivity index (χ1n) is 27.6. The van der Waals surface area contributed by atoms with Crippen molar-refractivity contribution in [2.24, 2.45) is 0 Å². The molecule has 13 rings (SSSR count). The number of hydrogen-bond donors (Lipinski definition) is 0. The molecule has 4 atom stereocenters. The highest BCUT2D eigenvalue weighted by molar-refractivity contribution is 7.01. The smallest absolute Gasteiger partial charge is 0.252 e. The number of benzene rings is 7. The van der Waals surface area contributed by atoms with Crippen LogP contribution in [0.5, 0.6) is 0 Å². The lowest BCUT2D eigenvalue weighted by molar-refractivity contribution is 0.214. The zero-order valence-corrected chi connectivity index (χ0v) is 46.0. The Morgan fingerprint density at radius 2 is 1.00 bits per heavy atom. The first kappa shape index (κ1) is 46.0. The summed E-state index contributed by atoms with van der Waals surface area (Å²) in [4.78, 5) is 8.56. The normalized spacial score (nSPS) is 24.8. The van der Waals surface area contributed by atoms with Gasteiger partial charge in [-0.15, -0.1) is 0 Å². The van der Waals surface area contributed by atoms with Gasteiger partial charge in [-0.05, 0) is 137 Å². The lowest BCUT2D eigenvalue weighted by Gasteiger charge is -2.55. The van der Waals surface area contributed by atoms with Crippen LogP contribution in [0.3, 0.4) is 0 Å². The van der Waals surface area contributed by atoms with E-state index >= 15 is 0 Å². The van der Waals surface area contributed by atoms with Gasteiger partial charge in [0.25, 0.3) is 6.71 Å². The molecule has 0 saturated heterocycles. The van der Waals surface area contributed by atoms with Gasteiger partial charge in [0.1, 0.15) is 0 Å². The number of anilines is 7. The van der Waals surface area contributed by atoms with E-state index in [0.29, 0.717) is 0 Å². The Balaban J connectivity index is 1.18. The van der Waals surface area contributed by atoms with Crippen LogP contribution in [0.25, 0.3) is 0 Å². The number of nitrogens with zero attached hydrogens (tertiary/aromatic N) is 3. The van der Waals surface area contributed by atoms with Gasteiger partial charge < -0.3 is 14.7 Å². The Kier molecular flexibility index (Phi) is 9.84. The van der Waals surface area contributed by atoms with E-state index < -0.39 is 8.07 Å². The molecule has 4 unspecified atom stereocenters. The molecule has 7 aromatic rings. The molecule has 364 valence electrons. The summed E-state index contributed by atoms with van der Waals surface area (Å²) in [7, 11) is -1.84. The maximum Gasteiger partial charge on any atom is 0.252 e. The highest BCUT2D eigenvalue weighted by Gasteiger charge is 2.65. The van der Waals surface area contributed by atoms with Gasteiger partial charge >= 0.3 is 0 Å². The van der Waals surface area contributed by atoms with Gasteiger partial charge in [0.05, 0.1) is 19.2 Å². The monoisotopic (exact) mass is 960 g/mol. The molecule has 5 heteroatoms. The molecule has 7 aromatic carbocycles. The van der Waals surface area contributed by atoms with Gasteiger partial charge in [-0.25, -0.2) is 0 Å². The molecule has 4 aliphatic heterocycles. The Hall–Kier alpha value is -5.78. The van der Waals surface area contributed by atoms with E-state index in [4.69, 9.17) is 0 Å². The van der Waals surface area contributed by atoms with Crippen molar-refractivity contribution in [3.8, 4) is 0 Å². The summed E-state index contributed by atoms with van der Waals surface area (Å²) in [5.41, 5.74) is 21.8. The van der Waals surface area contributed by atoms with Gasteiger partial charge in [0, 0.05) is 50.6 Å². The SMILES string of the molecule is CC(C)(C)c1ccc(N2c3ccc(C(C)(C)C)cc3B3c4cc([Si](C)(C)C)cc5c4N(c4cc(N6c7ccccc7C7(c8ccccc8)CCCCC67C)cc2c43)C2(C)CCCCC52c2ccccc2)cc1. The average molecular weight is 960 g/mol. The summed E-state index contributed by atoms with van der Waals surface area (Å²) in [6, 6.07) is 61.1. The summed E-state index contributed by atoms with van der Waals surface area (Å²) in [5, 5.41) is 1.58. The molecule has 0 spiro atoms. The second kappa shape index (κ2) is 15.4. The predicted octanol–water partition coefficient (Wildman–Crippen LogP) is 15.0. The Labute approximate surface area is 432 Å². The quantitative estimate of drug-likeness (QED) is 0.159. The second-order valence-electron chi connectivity index (χ2n) is 26.4. The average Bonchev–Trinajstić information content (AvgIpc) is 3.76. The molecule has 6 aliphatic rings. The highest BCUT2D eigenvalue weighted by Crippen LogP contribution is 2.67. The summed E-state index contributed by atoms with van der Waals surface area (Å²) < 4.78 is 0. The minimum atomic E-state index is -1.84. The predicted molar refractivity (Wildman–Crippen MR) is 312 cm³/mol. The van der Waals surface area contributed by atoms with Crippen LogP contribution in [-0.4, -0.2) is 25.9 Å². The fourth-order valence-corrected chi connectivity index (χ4v) is 17.1. The molecule has 2 aliphatic carbocycles. The van der Waals surface area contributed by atoms with Crippen LogP contribution in [0.1, 0.15) is 140 Å². The molecule has 2 saturated carbocycles. The maximum absolute atomic E-state index is 2.99. The number of para-hydroxylation sites is 1. The summed E-state index contributed by atoms with van der Waals surface area (Å²) in [6.07, 6.45) is 9.42. The van der Waals surface area contributed by atoms with Crippen molar-refractivity contribution >= 4 is 76.2 Å². The van der Waals surface area contributed by atoms with Crippen LogP contribution < -0.4 is 36.3 Å². The third kappa shape index (κ3) is 6.04. The van der Waals surface area contributed by atoms with Gasteiger partial charge in [0.15, 0.2) is 0 Å². The first-order chi connectivity index (χ1) is 34.3. The zero-order chi connectivity index (χ0) is 50.0. The standard InChI is InChI=1S/C67H74BN3Si/c1-62(2,3)45-30-33-49(34-31-45)69-57-35-32-48(63(4,5)6)40-54(57)68-55-44-51(72(9,10)11)43-53-61(55)71(65(8)37-21-23-39-67(53,65)47-26-16-13-17-27-47)59-42-50(41-58(69)60(59)68)70-56-29-19-18-28-52(56)66(46-24-14-12-15-25-46)38-22-20-36-64(66,70)7/h12-19,24-35,40-44H,20-23,36-39H2,1-11H3. The largest absolute Gasteiger partial charge is 0.335 e. The van der Waals surface area contributed by atoms with Crippen LogP contribution in [0.4, 0.5) is 39.8 Å². The van der Waals surface area contributed by atoms with Crippen molar-refractivity contribution in [1.29, 1.82) is 0 Å². The molecular weight excluding hydrogens is 886 g/mol. The van der Waals surface area contributed by atoms with Crippen molar-refractivity contribution in [2.45, 2.75) is 159 Å². The molecule has 0 radical (unpaired) electrons. The first-order valence-corrected chi connectivity index (χ1v) is 31.1. The lowest BCUT2D eigenvalue weighted by atomic mass is 9.33. The Morgan fingerprint density at radius 3 is 1.61 bits per heavy atom. The van der Waals surface area contributed by atoms with Gasteiger partial charge in [0.2, 0.25) is 0 Å². The molecule has 4 heterocycles. The Morgan fingerprint density at radius 1 is 0.458 bits per heavy atom. The van der Waals surface area contributed by atoms with Crippen LogP contribution in [-0.2, 0) is 21.7 Å². The van der Waals surface area contributed by atoms with E-state index in [1.807, 2.05) is 0 Å². The molecule has 0 aromatic heterocycles. The molecule has 3 nitrogen and oxygen atoms in total. The fraction of sp³-hybridized carbons (Fsp3) is 0.373. The third-order valence-electron chi connectivity index (χ3n) is 19.5. The van der Waals surface area contributed by atoms with E-state index in [1.165, 1.54) is 110 Å². The minimum Gasteiger partial charge on any atom is -0.335 e. The number of rotatable bonds is 5. The third-order valence-corrected chi connectivity index (χ3v) is 21.5. The summed E-state index contributed by atoms with van der Waals surface area (Å²) in [5.74, 6) is 0. The Bertz CT molecular complexity index is 3320. The van der Waals surface area contributed by atoms with Gasteiger partial charge in [-0.1, -0.05) is 207 Å². The zero-order valence-electron chi connectivity index (χ0n) is 45.0. The molecule has 2 fully saturated rings. The molecule has 0 N–H and O–H groups in total. The fourth-order valence-electron chi connectivity index (χ4n) is 15.9. The number of fused-ring (bicyclic) bond motifs is 10. The summed E-state index contributed by atoms with van der Waals surface area (Å²) in [6.45, 7) is 27.3. The number of hydrogen-bond acceptors (Lipinski definition) is 3. The van der Waals surface area contributed by atoms with Crippen LogP contribution >= 0.6 is 0 Å². The van der Waals surface area contributed by atoms with Crippen molar-refractivity contribution in [1.82, 2.24) is 0 Å². The second-order valence-corrected chi connectivity index (χ2v) is 31.5. The van der Waals surface area contributed by atoms with Crippen molar-refractivity contribution in [3.63, 3.8) is 0 Å². The molecule has 0 bridgehead atoms. The minimum absolute atomic E-state index is 0.0202. The van der Waals surface area contributed by atoms with E-state index in [-0.39, 0.29) is 39.5 Å². The molecular formula is C67H74BN3Si. The maximum atomic E-state index is 2.99. The van der Waals surface area contributed by atoms with Crippen molar-refractivity contribution < 1.29 is 0 Å². The van der Waals surface area contributed by atoms with Crippen LogP contribution in [0, 0.1) is 0 Å². The topological polar surface area (TPSA) is 9.72 Å².